The molecule has 94 valence electrons. The van der Waals surface area contributed by atoms with E-state index in [4.69, 9.17) is 4.74 Å². The predicted octanol–water partition coefficient (Wildman–Crippen LogP) is 0.701. The van der Waals surface area contributed by atoms with E-state index in [2.05, 4.69) is 14.8 Å². The number of esters is 1. The van der Waals surface area contributed by atoms with Crippen LogP contribution in [0.1, 0.15) is 20.3 Å². The molecule has 0 heterocycles. The maximum atomic E-state index is 11.5. The minimum atomic E-state index is -1.18. The van der Waals surface area contributed by atoms with Crippen LogP contribution in [0.4, 0.5) is 4.79 Å². The van der Waals surface area contributed by atoms with Crippen LogP contribution in [0.3, 0.4) is 0 Å². The molecule has 0 aromatic rings. The normalized spacial score (nSPS) is 13.8. The Morgan fingerprint density at radius 3 is 2.31 bits per heavy atom. The van der Waals surface area contributed by atoms with Crippen LogP contribution in [0.5, 0.6) is 0 Å². The van der Waals surface area contributed by atoms with Gasteiger partial charge in [0.25, 0.3) is 0 Å². The van der Waals surface area contributed by atoms with E-state index in [-0.39, 0.29) is 6.54 Å². The molecule has 0 unspecified atom stereocenters. The second-order valence-corrected chi connectivity index (χ2v) is 3.42. The molecule has 0 aliphatic carbocycles. The van der Waals surface area contributed by atoms with E-state index >= 15 is 0 Å². The molecule has 0 aliphatic rings. The smallest absolute Gasteiger partial charge is 0.406 e. The van der Waals surface area contributed by atoms with Gasteiger partial charge in [0.2, 0.25) is 0 Å². The lowest BCUT2D eigenvalue weighted by atomic mass is 10.1. The Labute approximate surface area is 95.2 Å². The van der Waals surface area contributed by atoms with Gasteiger partial charge in [-0.25, -0.2) is 9.59 Å². The zero-order chi connectivity index (χ0) is 12.6. The van der Waals surface area contributed by atoms with Gasteiger partial charge < -0.3 is 19.5 Å². The van der Waals surface area contributed by atoms with Gasteiger partial charge in [-0.05, 0) is 13.3 Å². The van der Waals surface area contributed by atoms with E-state index in [0.717, 1.165) is 6.42 Å². The topological polar surface area (TPSA) is 73.9 Å². The average Bonchev–Trinajstić information content (AvgIpc) is 2.32. The van der Waals surface area contributed by atoms with Crippen molar-refractivity contribution in [3.63, 3.8) is 0 Å². The fourth-order valence-corrected chi connectivity index (χ4v) is 1.04. The number of hydrogen-bond acceptors (Lipinski definition) is 5. The summed E-state index contributed by atoms with van der Waals surface area (Å²) in [5.41, 5.74) is -1.18. The van der Waals surface area contributed by atoms with E-state index in [1.54, 1.807) is 6.92 Å². The van der Waals surface area contributed by atoms with Gasteiger partial charge in [-0.15, -0.1) is 0 Å². The zero-order valence-corrected chi connectivity index (χ0v) is 10.2. The first kappa shape index (κ1) is 14.7. The maximum absolute atomic E-state index is 11.5. The standard InChI is InChI=1S/C10H19NO5/c1-5-6-16-10(2,8(12)14-3)7-11-9(13)15-4/h5-7H2,1-4H3,(H,11,13)/t10-/m0/s1. The molecule has 0 aromatic carbocycles. The van der Waals surface area contributed by atoms with Crippen LogP contribution < -0.4 is 5.32 Å². The summed E-state index contributed by atoms with van der Waals surface area (Å²) < 4.78 is 14.4. The number of carbonyl (C=O) groups excluding carboxylic acids is 2. The lowest BCUT2D eigenvalue weighted by molar-refractivity contribution is -0.166. The monoisotopic (exact) mass is 233 g/mol. The molecule has 0 radical (unpaired) electrons. The molecule has 0 aliphatic heterocycles. The Hall–Kier alpha value is -1.30. The molecule has 0 fully saturated rings. The second kappa shape index (κ2) is 7.05. The lowest BCUT2D eigenvalue weighted by Crippen LogP contribution is -2.49. The van der Waals surface area contributed by atoms with Gasteiger partial charge in [0.1, 0.15) is 0 Å². The molecule has 1 N–H and O–H groups in total. The van der Waals surface area contributed by atoms with Crippen molar-refractivity contribution in [1.82, 2.24) is 5.32 Å². The molecular weight excluding hydrogens is 214 g/mol. The minimum absolute atomic E-state index is 0.00630. The van der Waals surface area contributed by atoms with Crippen molar-refractivity contribution >= 4 is 12.1 Å². The molecule has 6 heteroatoms. The van der Waals surface area contributed by atoms with Crippen molar-refractivity contribution in [3.8, 4) is 0 Å². The summed E-state index contributed by atoms with van der Waals surface area (Å²) in [5, 5.41) is 2.41. The van der Waals surface area contributed by atoms with Crippen LogP contribution in [-0.4, -0.2) is 45.0 Å². The van der Waals surface area contributed by atoms with Crippen LogP contribution in [0.2, 0.25) is 0 Å². The molecule has 0 spiro atoms. The van der Waals surface area contributed by atoms with Crippen molar-refractivity contribution in [2.45, 2.75) is 25.9 Å². The summed E-state index contributed by atoms with van der Waals surface area (Å²) in [6.07, 6.45) is 0.153. The Kier molecular flexibility index (Phi) is 6.48. The van der Waals surface area contributed by atoms with Crippen molar-refractivity contribution in [3.05, 3.63) is 0 Å². The fourth-order valence-electron chi connectivity index (χ4n) is 1.04. The Morgan fingerprint density at radius 1 is 1.25 bits per heavy atom. The van der Waals surface area contributed by atoms with Crippen LogP contribution in [-0.2, 0) is 19.0 Å². The third kappa shape index (κ3) is 4.48. The summed E-state index contributed by atoms with van der Waals surface area (Å²) in [6, 6.07) is 0. The summed E-state index contributed by atoms with van der Waals surface area (Å²) in [7, 11) is 2.52. The maximum Gasteiger partial charge on any atom is 0.406 e. The quantitative estimate of drug-likeness (QED) is 0.683. The van der Waals surface area contributed by atoms with Gasteiger partial charge in [0.15, 0.2) is 5.60 Å². The van der Waals surface area contributed by atoms with Gasteiger partial charge in [-0.1, -0.05) is 6.92 Å². The molecule has 6 nitrogen and oxygen atoms in total. The number of ether oxygens (including phenoxy) is 3. The molecule has 16 heavy (non-hydrogen) atoms. The van der Waals surface area contributed by atoms with Gasteiger partial charge in [0.05, 0.1) is 20.8 Å². The van der Waals surface area contributed by atoms with E-state index in [1.165, 1.54) is 14.2 Å². The lowest BCUT2D eigenvalue weighted by Gasteiger charge is -2.26. The molecule has 0 saturated heterocycles. The third-order valence-electron chi connectivity index (χ3n) is 2.00. The molecule has 0 rings (SSSR count). The zero-order valence-electron chi connectivity index (χ0n) is 10.2. The Balaban J connectivity index is 4.40. The first-order valence-corrected chi connectivity index (χ1v) is 5.04. The highest BCUT2D eigenvalue weighted by molar-refractivity contribution is 5.80. The van der Waals surface area contributed by atoms with Gasteiger partial charge in [-0.3, -0.25) is 0 Å². The molecule has 0 saturated carbocycles. The van der Waals surface area contributed by atoms with Gasteiger partial charge >= 0.3 is 12.1 Å². The number of hydrogen-bond donors (Lipinski definition) is 1. The van der Waals surface area contributed by atoms with Crippen LogP contribution >= 0.6 is 0 Å². The first-order valence-electron chi connectivity index (χ1n) is 5.04. The van der Waals surface area contributed by atoms with Crippen LogP contribution in [0.25, 0.3) is 0 Å². The number of amides is 1. The van der Waals surface area contributed by atoms with Gasteiger partial charge in [-0.2, -0.15) is 0 Å². The first-order chi connectivity index (χ1) is 7.50. The van der Waals surface area contributed by atoms with Gasteiger partial charge in [0, 0.05) is 6.61 Å². The number of nitrogens with one attached hydrogen (secondary N) is 1. The largest absolute Gasteiger partial charge is 0.467 e. The minimum Gasteiger partial charge on any atom is -0.467 e. The summed E-state index contributed by atoms with van der Waals surface area (Å²) in [4.78, 5) is 22.4. The number of methoxy groups -OCH3 is 2. The van der Waals surface area contributed by atoms with Crippen molar-refractivity contribution < 1.29 is 23.8 Å². The molecule has 0 aromatic heterocycles. The summed E-state index contributed by atoms with van der Waals surface area (Å²) in [5.74, 6) is -0.530. The Morgan fingerprint density at radius 2 is 1.88 bits per heavy atom. The Bertz CT molecular complexity index is 243. The van der Waals surface area contributed by atoms with E-state index in [9.17, 15) is 9.59 Å². The van der Waals surface area contributed by atoms with E-state index in [0.29, 0.717) is 6.61 Å². The summed E-state index contributed by atoms with van der Waals surface area (Å²) in [6.45, 7) is 3.90. The van der Waals surface area contributed by atoms with E-state index < -0.39 is 17.7 Å². The summed E-state index contributed by atoms with van der Waals surface area (Å²) >= 11 is 0. The predicted molar refractivity (Wildman–Crippen MR) is 57.1 cm³/mol. The molecule has 0 bridgehead atoms. The second-order valence-electron chi connectivity index (χ2n) is 3.42. The van der Waals surface area contributed by atoms with Crippen molar-refractivity contribution in [2.75, 3.05) is 27.4 Å². The van der Waals surface area contributed by atoms with Crippen LogP contribution in [0, 0.1) is 0 Å². The average molecular weight is 233 g/mol. The SMILES string of the molecule is CCCO[C@@](C)(CNC(=O)OC)C(=O)OC. The van der Waals surface area contributed by atoms with E-state index in [1.807, 2.05) is 6.92 Å². The molecule has 1 atom stereocenters. The van der Waals surface area contributed by atoms with Crippen molar-refractivity contribution in [2.24, 2.45) is 0 Å². The number of carbonyl (C=O) groups is 2. The highest BCUT2D eigenvalue weighted by Gasteiger charge is 2.35. The number of rotatable bonds is 6. The highest BCUT2D eigenvalue weighted by Crippen LogP contribution is 2.12. The fraction of sp³-hybridized carbons (Fsp3) is 0.800. The number of alkyl carbamates (subject to hydrolysis) is 1. The highest BCUT2D eigenvalue weighted by atomic mass is 16.6. The third-order valence-corrected chi connectivity index (χ3v) is 2.00. The van der Waals surface area contributed by atoms with Crippen molar-refractivity contribution in [1.29, 1.82) is 0 Å². The van der Waals surface area contributed by atoms with Crippen LogP contribution in [0.15, 0.2) is 0 Å². The molecular formula is C10H19NO5. The molecule has 1 amide bonds.